The average Bonchev–Trinajstić information content (AvgIpc) is 2.93. The number of anilines is 2. The Morgan fingerprint density at radius 3 is 3.00 bits per heavy atom. The van der Waals surface area contributed by atoms with Gasteiger partial charge in [0.25, 0.3) is 0 Å². The predicted molar refractivity (Wildman–Crippen MR) is 77.3 cm³/mol. The van der Waals surface area contributed by atoms with Crippen LogP contribution in [0.2, 0.25) is 0 Å². The van der Waals surface area contributed by atoms with Gasteiger partial charge in [0.1, 0.15) is 11.6 Å². The molecule has 102 valence electrons. The summed E-state index contributed by atoms with van der Waals surface area (Å²) in [6.45, 7) is 4.78. The third-order valence-corrected chi connectivity index (χ3v) is 2.79. The number of hydrogen-bond donors (Lipinski definition) is 3. The Bertz CT molecular complexity index is 510. The quantitative estimate of drug-likeness (QED) is 0.698. The Kier molecular flexibility index (Phi) is 4.28. The average molecular weight is 260 g/mol. The van der Waals surface area contributed by atoms with Gasteiger partial charge in [-0.2, -0.15) is 0 Å². The molecular weight excluding hydrogens is 240 g/mol. The number of nitrogens with zero attached hydrogens (tertiary/aromatic N) is 1. The van der Waals surface area contributed by atoms with E-state index in [0.717, 1.165) is 23.7 Å². The molecule has 2 aromatic rings. The Morgan fingerprint density at radius 2 is 2.32 bits per heavy atom. The van der Waals surface area contributed by atoms with Gasteiger partial charge in [0.2, 0.25) is 0 Å². The van der Waals surface area contributed by atoms with Gasteiger partial charge in [0.05, 0.1) is 18.3 Å². The maximum absolute atomic E-state index is 5.88. The zero-order chi connectivity index (χ0) is 13.7. The molecule has 1 atom stereocenters. The Balaban J connectivity index is 2.08. The van der Waals surface area contributed by atoms with Crippen LogP contribution in [0.15, 0.2) is 30.6 Å². The van der Waals surface area contributed by atoms with Gasteiger partial charge in [0.15, 0.2) is 0 Å². The molecule has 0 fully saturated rings. The second-order valence-corrected chi connectivity index (χ2v) is 4.44. The van der Waals surface area contributed by atoms with Crippen molar-refractivity contribution in [2.45, 2.75) is 26.3 Å². The van der Waals surface area contributed by atoms with Crippen molar-refractivity contribution in [1.29, 1.82) is 0 Å². The second-order valence-electron chi connectivity index (χ2n) is 4.44. The summed E-state index contributed by atoms with van der Waals surface area (Å²) in [6, 6.07) is 5.80. The predicted octanol–water partition coefficient (Wildman–Crippen LogP) is 2.95. The van der Waals surface area contributed by atoms with E-state index in [0.29, 0.717) is 12.3 Å². The molecule has 0 aliphatic carbocycles. The van der Waals surface area contributed by atoms with Crippen LogP contribution in [0.3, 0.4) is 0 Å². The highest BCUT2D eigenvalue weighted by Crippen LogP contribution is 2.27. The summed E-state index contributed by atoms with van der Waals surface area (Å²) in [4.78, 5) is 7.32. The van der Waals surface area contributed by atoms with Gasteiger partial charge in [-0.1, -0.05) is 6.92 Å². The largest absolute Gasteiger partial charge is 0.491 e. The van der Waals surface area contributed by atoms with E-state index in [-0.39, 0.29) is 6.04 Å². The molecule has 0 saturated carbocycles. The van der Waals surface area contributed by atoms with Crippen molar-refractivity contribution in [2.24, 2.45) is 0 Å². The first kappa shape index (κ1) is 13.3. The monoisotopic (exact) mass is 260 g/mol. The molecule has 2 rings (SSSR count). The summed E-state index contributed by atoms with van der Waals surface area (Å²) in [5, 5.41) is 3.36. The van der Waals surface area contributed by atoms with Crippen molar-refractivity contribution in [2.75, 3.05) is 17.7 Å². The lowest BCUT2D eigenvalue weighted by atomic mass is 10.2. The fourth-order valence-corrected chi connectivity index (χ4v) is 1.79. The molecule has 19 heavy (non-hydrogen) atoms. The van der Waals surface area contributed by atoms with Crippen molar-refractivity contribution in [3.63, 3.8) is 0 Å². The summed E-state index contributed by atoms with van der Waals surface area (Å²) in [5.41, 5.74) is 7.50. The van der Waals surface area contributed by atoms with Gasteiger partial charge >= 0.3 is 0 Å². The third kappa shape index (κ3) is 3.40. The van der Waals surface area contributed by atoms with Crippen molar-refractivity contribution in [3.8, 4) is 5.75 Å². The number of ether oxygens (including phenoxy) is 1. The molecule has 1 unspecified atom stereocenters. The smallest absolute Gasteiger partial charge is 0.144 e. The van der Waals surface area contributed by atoms with E-state index >= 15 is 0 Å². The molecule has 1 heterocycles. The molecular formula is C14H20N4O. The number of nitrogens with two attached hydrogens (primary N) is 1. The van der Waals surface area contributed by atoms with Crippen LogP contribution in [0.25, 0.3) is 0 Å². The van der Waals surface area contributed by atoms with Gasteiger partial charge in [-0.3, -0.25) is 0 Å². The normalized spacial score (nSPS) is 12.1. The molecule has 4 N–H and O–H groups in total. The van der Waals surface area contributed by atoms with Crippen LogP contribution in [-0.4, -0.2) is 16.6 Å². The van der Waals surface area contributed by atoms with Crippen LogP contribution in [0, 0.1) is 0 Å². The first-order valence-electron chi connectivity index (χ1n) is 6.49. The highest BCUT2D eigenvalue weighted by Gasteiger charge is 2.09. The highest BCUT2D eigenvalue weighted by molar-refractivity contribution is 5.61. The molecule has 0 aliphatic heterocycles. The fourth-order valence-electron chi connectivity index (χ4n) is 1.79. The maximum Gasteiger partial charge on any atom is 0.144 e. The lowest BCUT2D eigenvalue weighted by molar-refractivity contribution is 0.319. The minimum atomic E-state index is 0.0950. The van der Waals surface area contributed by atoms with E-state index < -0.39 is 0 Å². The molecule has 1 aromatic carbocycles. The van der Waals surface area contributed by atoms with Crippen molar-refractivity contribution < 1.29 is 4.74 Å². The van der Waals surface area contributed by atoms with Gasteiger partial charge in [-0.15, -0.1) is 0 Å². The van der Waals surface area contributed by atoms with Gasteiger partial charge < -0.3 is 20.8 Å². The number of H-pyrrole nitrogens is 1. The van der Waals surface area contributed by atoms with Crippen molar-refractivity contribution in [3.05, 3.63) is 36.4 Å². The first-order chi connectivity index (χ1) is 9.20. The SMILES string of the molecule is CCCOc1cc(NC(C)c2ncc[nH]2)ccc1N. The fraction of sp³-hybridized carbons (Fsp3) is 0.357. The number of rotatable bonds is 6. The summed E-state index contributed by atoms with van der Waals surface area (Å²) in [6.07, 6.45) is 4.51. The number of nitrogen functional groups attached to an aromatic ring is 1. The van der Waals surface area contributed by atoms with Gasteiger partial charge in [0, 0.05) is 24.1 Å². The minimum Gasteiger partial charge on any atom is -0.491 e. The van der Waals surface area contributed by atoms with Crippen LogP contribution in [-0.2, 0) is 0 Å². The first-order valence-corrected chi connectivity index (χ1v) is 6.49. The third-order valence-electron chi connectivity index (χ3n) is 2.79. The molecule has 0 bridgehead atoms. The van der Waals surface area contributed by atoms with Gasteiger partial charge in [-0.05, 0) is 25.5 Å². The van der Waals surface area contributed by atoms with Gasteiger partial charge in [-0.25, -0.2) is 4.98 Å². The van der Waals surface area contributed by atoms with Crippen LogP contribution >= 0.6 is 0 Å². The lowest BCUT2D eigenvalue weighted by Crippen LogP contribution is -2.09. The van der Waals surface area contributed by atoms with E-state index in [1.807, 2.05) is 31.3 Å². The molecule has 0 spiro atoms. The minimum absolute atomic E-state index is 0.0950. The molecule has 5 nitrogen and oxygen atoms in total. The number of nitrogens with one attached hydrogen (secondary N) is 2. The summed E-state index contributed by atoms with van der Waals surface area (Å²) in [5.74, 6) is 1.62. The standard InChI is InChI=1S/C14H20N4O/c1-3-8-19-13-9-11(4-5-12(13)15)18-10(2)14-16-6-7-17-14/h4-7,9-10,18H,3,8,15H2,1-2H3,(H,16,17). The second kappa shape index (κ2) is 6.13. The molecule has 0 aliphatic rings. The maximum atomic E-state index is 5.88. The molecule has 1 aromatic heterocycles. The van der Waals surface area contributed by atoms with E-state index in [2.05, 4.69) is 22.2 Å². The Labute approximate surface area is 113 Å². The zero-order valence-corrected chi connectivity index (χ0v) is 11.3. The summed E-state index contributed by atoms with van der Waals surface area (Å²) < 4.78 is 5.61. The van der Waals surface area contributed by atoms with E-state index in [1.165, 1.54) is 0 Å². The van der Waals surface area contributed by atoms with Crippen LogP contribution < -0.4 is 15.8 Å². The van der Waals surface area contributed by atoms with E-state index in [1.54, 1.807) is 6.20 Å². The number of hydrogen-bond acceptors (Lipinski definition) is 4. The topological polar surface area (TPSA) is 76.0 Å². The van der Waals surface area contributed by atoms with Crippen LogP contribution in [0.4, 0.5) is 11.4 Å². The van der Waals surface area contributed by atoms with Crippen LogP contribution in [0.5, 0.6) is 5.75 Å². The number of benzene rings is 1. The van der Waals surface area contributed by atoms with Crippen molar-refractivity contribution >= 4 is 11.4 Å². The highest BCUT2D eigenvalue weighted by atomic mass is 16.5. The van der Waals surface area contributed by atoms with E-state index in [9.17, 15) is 0 Å². The lowest BCUT2D eigenvalue weighted by Gasteiger charge is -2.15. The summed E-state index contributed by atoms with van der Waals surface area (Å²) >= 11 is 0. The Morgan fingerprint density at radius 1 is 1.47 bits per heavy atom. The molecule has 5 heteroatoms. The molecule has 0 radical (unpaired) electrons. The molecule has 0 amide bonds. The zero-order valence-electron chi connectivity index (χ0n) is 11.3. The number of aromatic amines is 1. The summed E-state index contributed by atoms with van der Waals surface area (Å²) in [7, 11) is 0. The van der Waals surface area contributed by atoms with E-state index in [4.69, 9.17) is 10.5 Å². The molecule has 0 saturated heterocycles. The number of aromatic nitrogens is 2. The Hall–Kier alpha value is -2.17. The number of imidazole rings is 1. The van der Waals surface area contributed by atoms with Crippen molar-refractivity contribution in [1.82, 2.24) is 9.97 Å². The van der Waals surface area contributed by atoms with Crippen LogP contribution in [0.1, 0.15) is 32.1 Å².